The molecule has 2 saturated heterocycles. The fourth-order valence-corrected chi connectivity index (χ4v) is 7.38. The van der Waals surface area contributed by atoms with Gasteiger partial charge in [-0.15, -0.1) is 23.1 Å². The van der Waals surface area contributed by atoms with Crippen LogP contribution in [0.5, 0.6) is 5.88 Å². The Morgan fingerprint density at radius 2 is 2.10 bits per heavy atom. The third-order valence-electron chi connectivity index (χ3n) is 6.08. The molecule has 220 valence electrons. The number of thiazole rings is 1. The summed E-state index contributed by atoms with van der Waals surface area (Å²) in [5, 5.41) is 27.2. The van der Waals surface area contributed by atoms with Gasteiger partial charge >= 0.3 is 17.1 Å². The van der Waals surface area contributed by atoms with Crippen LogP contribution in [0.3, 0.4) is 0 Å². The number of ether oxygens (including phenoxy) is 1. The molecule has 0 radical (unpaired) electrons. The molecule has 2 unspecified atom stereocenters. The fraction of sp³-hybridized carbons (Fsp3) is 0.455. The van der Waals surface area contributed by atoms with Crippen LogP contribution in [0.25, 0.3) is 0 Å². The Morgan fingerprint density at radius 1 is 1.34 bits per heavy atom. The van der Waals surface area contributed by atoms with Gasteiger partial charge in [0.05, 0.1) is 13.1 Å². The summed E-state index contributed by atoms with van der Waals surface area (Å²) in [6.45, 7) is 1.22. The number of nitrogens with zero attached hydrogens (tertiary/aromatic N) is 5. The smallest absolute Gasteiger partial charge is 0.364 e. The molecule has 2 fully saturated rings. The van der Waals surface area contributed by atoms with Gasteiger partial charge in [0.25, 0.3) is 11.8 Å². The lowest BCUT2D eigenvalue weighted by atomic mass is 9.89. The molecule has 4 heterocycles. The summed E-state index contributed by atoms with van der Waals surface area (Å²) in [4.78, 5) is 64.2. The molecule has 0 aliphatic carbocycles. The number of carboxylic acid groups (broad SMARTS) is 2. The minimum atomic E-state index is -1.34. The van der Waals surface area contributed by atoms with Gasteiger partial charge in [0.15, 0.2) is 17.5 Å². The molecule has 0 spiro atoms. The monoisotopic (exact) mass is 627 g/mol. The van der Waals surface area contributed by atoms with Crippen molar-refractivity contribution in [1.29, 1.82) is 0 Å². The lowest BCUT2D eigenvalue weighted by Gasteiger charge is -2.53. The number of hydrogen-bond acceptors (Lipinski definition) is 14. The first-order valence-electron chi connectivity index (χ1n) is 12.0. The van der Waals surface area contributed by atoms with Crippen LogP contribution in [0.15, 0.2) is 21.8 Å². The standard InChI is InChI=1S/C22H26N8O8S3/c1-3-38-28-14(10-6-39-20(24)25-10)16(33)27-15-17(34)30-7-22(19(35)36,8-40-18(15)30)9-41-21-26-11(23)4-12(29(21)2)37-5-13(31)32/h4,6,15,18,23H,3,5,7-9H2,1-2H3,(H5,24,25,27,31,32,33,35,36)/p+1/t15?,18-,22?/m1/s1. The number of thioether (sulfide) groups is 2. The first kappa shape index (κ1) is 30.1. The average molecular weight is 628 g/mol. The Bertz CT molecular complexity index is 1400. The summed E-state index contributed by atoms with van der Waals surface area (Å²) < 4.78 is 6.71. The SMILES string of the molecule is CCON=C(C(=O)NC1C(=O)N2CC(CSc3nc(N)cc(OCC(=O)O)[n+]3C)(C(=O)O)CS[C@H]12)c1csc(N)n1. The molecule has 16 nitrogen and oxygen atoms in total. The van der Waals surface area contributed by atoms with E-state index in [-0.39, 0.29) is 52.9 Å². The number of fused-ring (bicyclic) bond motifs is 1. The molecule has 19 heteroatoms. The van der Waals surface area contributed by atoms with Gasteiger partial charge in [-0.3, -0.25) is 14.4 Å². The number of nitrogens with two attached hydrogens (primary N) is 2. The van der Waals surface area contributed by atoms with Crippen LogP contribution in [0.4, 0.5) is 10.9 Å². The number of carbonyl (C=O) groups excluding carboxylic acids is 2. The number of nitrogen functional groups attached to an aromatic ring is 2. The first-order valence-corrected chi connectivity index (χ1v) is 14.9. The molecule has 2 aromatic heterocycles. The van der Waals surface area contributed by atoms with Crippen molar-refractivity contribution < 1.29 is 43.5 Å². The minimum absolute atomic E-state index is 0.0297. The molecule has 2 amide bonds. The lowest BCUT2D eigenvalue weighted by molar-refractivity contribution is -0.717. The normalized spacial score (nSPS) is 22.0. The Balaban J connectivity index is 1.44. The molecule has 2 aliphatic rings. The van der Waals surface area contributed by atoms with Crippen molar-refractivity contribution in [2.24, 2.45) is 17.6 Å². The molecule has 0 saturated carbocycles. The number of oxime groups is 1. The Labute approximate surface area is 245 Å². The van der Waals surface area contributed by atoms with Crippen molar-refractivity contribution in [3.05, 3.63) is 17.1 Å². The summed E-state index contributed by atoms with van der Waals surface area (Å²) in [6.07, 6.45) is 0. The van der Waals surface area contributed by atoms with E-state index in [1.807, 2.05) is 0 Å². The van der Waals surface area contributed by atoms with Crippen LogP contribution in [0.2, 0.25) is 0 Å². The van der Waals surface area contributed by atoms with Crippen LogP contribution >= 0.6 is 34.9 Å². The highest BCUT2D eigenvalue weighted by Gasteiger charge is 2.58. The number of nitrogens with one attached hydrogen (secondary N) is 1. The first-order chi connectivity index (χ1) is 19.5. The number of aromatic nitrogens is 3. The largest absolute Gasteiger partial charge is 0.481 e. The number of β-lactam (4-membered cyclic amide) rings is 1. The zero-order chi connectivity index (χ0) is 29.9. The topological polar surface area (TPSA) is 237 Å². The Hall–Kier alpha value is -3.84. The predicted molar refractivity (Wildman–Crippen MR) is 148 cm³/mol. The van der Waals surface area contributed by atoms with Crippen molar-refractivity contribution in [2.45, 2.75) is 23.5 Å². The van der Waals surface area contributed by atoms with Crippen LogP contribution in [0.1, 0.15) is 12.6 Å². The van der Waals surface area contributed by atoms with Gasteiger partial charge in [-0.25, -0.2) is 9.78 Å². The van der Waals surface area contributed by atoms with Crippen LogP contribution in [-0.4, -0.2) is 97.2 Å². The maximum atomic E-state index is 13.1. The van der Waals surface area contributed by atoms with E-state index in [1.165, 1.54) is 27.3 Å². The Kier molecular flexibility index (Phi) is 9.08. The fourth-order valence-electron chi connectivity index (χ4n) is 3.99. The van der Waals surface area contributed by atoms with E-state index >= 15 is 0 Å². The molecule has 0 aromatic carbocycles. The van der Waals surface area contributed by atoms with E-state index in [1.54, 1.807) is 19.4 Å². The number of carboxylic acids is 2. The maximum absolute atomic E-state index is 13.1. The van der Waals surface area contributed by atoms with Gasteiger partial charge in [-0.2, -0.15) is 4.57 Å². The lowest BCUT2D eigenvalue weighted by Crippen LogP contribution is -2.74. The molecule has 4 rings (SSSR count). The van der Waals surface area contributed by atoms with E-state index in [4.69, 9.17) is 26.1 Å². The summed E-state index contributed by atoms with van der Waals surface area (Å²) in [6, 6.07) is 0.472. The summed E-state index contributed by atoms with van der Waals surface area (Å²) in [5.41, 5.74) is 10.3. The minimum Gasteiger partial charge on any atom is -0.481 e. The highest BCUT2D eigenvalue weighted by Crippen LogP contribution is 2.44. The third-order valence-corrected chi connectivity index (χ3v) is 9.67. The second-order valence-corrected chi connectivity index (χ2v) is 11.9. The van der Waals surface area contributed by atoms with Crippen molar-refractivity contribution in [2.75, 3.05) is 42.7 Å². The molecule has 7 N–H and O–H groups in total. The number of rotatable bonds is 12. The van der Waals surface area contributed by atoms with Gasteiger partial charge in [-0.05, 0) is 23.7 Å². The molecule has 41 heavy (non-hydrogen) atoms. The number of hydrogen-bond donors (Lipinski definition) is 5. The Morgan fingerprint density at radius 3 is 2.73 bits per heavy atom. The molecule has 3 atom stereocenters. The van der Waals surface area contributed by atoms with Crippen molar-refractivity contribution >= 4 is 75.3 Å². The third kappa shape index (κ3) is 6.41. The van der Waals surface area contributed by atoms with Crippen LogP contribution in [-0.2, 0) is 31.1 Å². The highest BCUT2D eigenvalue weighted by molar-refractivity contribution is 8.00. The van der Waals surface area contributed by atoms with Crippen LogP contribution in [0, 0.1) is 5.41 Å². The van der Waals surface area contributed by atoms with Gasteiger partial charge in [0.2, 0.25) is 11.7 Å². The van der Waals surface area contributed by atoms with Crippen molar-refractivity contribution in [1.82, 2.24) is 20.2 Å². The summed E-state index contributed by atoms with van der Waals surface area (Å²) >= 11 is 3.45. The quantitative estimate of drug-likeness (QED) is 0.0474. The van der Waals surface area contributed by atoms with Gasteiger partial charge < -0.3 is 41.5 Å². The van der Waals surface area contributed by atoms with Crippen molar-refractivity contribution in [3.8, 4) is 5.88 Å². The zero-order valence-corrected chi connectivity index (χ0v) is 24.3. The highest BCUT2D eigenvalue weighted by atomic mass is 32.2. The number of aliphatic carboxylic acids is 2. The van der Waals surface area contributed by atoms with Crippen molar-refractivity contribution in [3.63, 3.8) is 0 Å². The van der Waals surface area contributed by atoms with Gasteiger partial charge in [0.1, 0.15) is 29.1 Å². The van der Waals surface area contributed by atoms with E-state index in [9.17, 15) is 24.3 Å². The van der Waals surface area contributed by atoms with Crippen LogP contribution < -0.4 is 26.1 Å². The van der Waals surface area contributed by atoms with E-state index in [2.05, 4.69) is 20.4 Å². The van der Waals surface area contributed by atoms with E-state index < -0.39 is 47.2 Å². The average Bonchev–Trinajstić information content (AvgIpc) is 3.36. The molecular weight excluding hydrogens is 600 g/mol. The number of carbonyl (C=O) groups is 4. The summed E-state index contributed by atoms with van der Waals surface area (Å²) in [7, 11) is 1.58. The zero-order valence-electron chi connectivity index (χ0n) is 21.8. The number of anilines is 2. The molecule has 2 aliphatic heterocycles. The molecule has 0 bridgehead atoms. The number of amides is 2. The molecular formula is C22H27N8O8S3+. The predicted octanol–water partition coefficient (Wildman–Crippen LogP) is -1.01. The summed E-state index contributed by atoms with van der Waals surface area (Å²) in [5.74, 6) is -2.99. The molecule has 2 aromatic rings. The van der Waals surface area contributed by atoms with Gasteiger partial charge in [-0.1, -0.05) is 5.16 Å². The maximum Gasteiger partial charge on any atom is 0.364 e. The second kappa shape index (κ2) is 12.4. The van der Waals surface area contributed by atoms with Gasteiger partial charge in [0, 0.05) is 23.4 Å². The van der Waals surface area contributed by atoms with E-state index in [0.717, 1.165) is 23.1 Å². The second-order valence-electron chi connectivity index (χ2n) is 8.96. The van der Waals surface area contributed by atoms with E-state index in [0.29, 0.717) is 5.16 Å².